The first-order valence-corrected chi connectivity index (χ1v) is 7.65. The zero-order valence-electron chi connectivity index (χ0n) is 12.6. The van der Waals surface area contributed by atoms with Crippen LogP contribution in [0.15, 0.2) is 48.5 Å². The average molecular weight is 311 g/mol. The summed E-state index contributed by atoms with van der Waals surface area (Å²) in [6.07, 6.45) is 0. The van der Waals surface area contributed by atoms with E-state index in [4.69, 9.17) is 14.2 Å². The van der Waals surface area contributed by atoms with Gasteiger partial charge in [-0.25, -0.2) is 4.79 Å². The van der Waals surface area contributed by atoms with Crippen molar-refractivity contribution in [3.8, 4) is 11.5 Å². The van der Waals surface area contributed by atoms with Gasteiger partial charge in [0.1, 0.15) is 12.6 Å². The summed E-state index contributed by atoms with van der Waals surface area (Å²) in [4.78, 5) is 14.5. The van der Waals surface area contributed by atoms with Crippen LogP contribution in [-0.4, -0.2) is 30.8 Å². The predicted octanol–water partition coefficient (Wildman–Crippen LogP) is 2.52. The van der Waals surface area contributed by atoms with Gasteiger partial charge in [-0.15, -0.1) is 0 Å². The van der Waals surface area contributed by atoms with Crippen molar-refractivity contribution >= 4 is 5.97 Å². The molecule has 2 heterocycles. The van der Waals surface area contributed by atoms with Gasteiger partial charge in [0.25, 0.3) is 0 Å². The number of carbonyl (C=O) groups excluding carboxylic acids is 1. The molecule has 4 rings (SSSR count). The number of nitrogens with zero attached hydrogens (tertiary/aromatic N) is 1. The molecule has 0 unspecified atom stereocenters. The SMILES string of the molecule is O=C1OCCN(Cc2ccccc2)[C@@H]1c1ccc2c(c1)OCO2. The van der Waals surface area contributed by atoms with Gasteiger partial charge in [-0.2, -0.15) is 0 Å². The molecule has 23 heavy (non-hydrogen) atoms. The summed E-state index contributed by atoms with van der Waals surface area (Å²) in [5.41, 5.74) is 2.04. The minimum atomic E-state index is -0.418. The molecule has 0 N–H and O–H groups in total. The van der Waals surface area contributed by atoms with Crippen LogP contribution in [0.3, 0.4) is 0 Å². The normalized spacial score (nSPS) is 20.3. The van der Waals surface area contributed by atoms with Gasteiger partial charge in [0.2, 0.25) is 6.79 Å². The third-order valence-corrected chi connectivity index (χ3v) is 4.15. The van der Waals surface area contributed by atoms with Crippen molar-refractivity contribution in [1.29, 1.82) is 0 Å². The second-order valence-electron chi connectivity index (χ2n) is 5.64. The predicted molar refractivity (Wildman–Crippen MR) is 83.1 cm³/mol. The molecule has 5 nitrogen and oxygen atoms in total. The van der Waals surface area contributed by atoms with E-state index in [0.29, 0.717) is 31.2 Å². The molecule has 2 aromatic carbocycles. The van der Waals surface area contributed by atoms with E-state index in [0.717, 1.165) is 5.56 Å². The van der Waals surface area contributed by atoms with Crippen molar-refractivity contribution in [3.05, 3.63) is 59.7 Å². The van der Waals surface area contributed by atoms with E-state index in [2.05, 4.69) is 17.0 Å². The van der Waals surface area contributed by atoms with Crippen LogP contribution in [0.2, 0.25) is 0 Å². The summed E-state index contributed by atoms with van der Waals surface area (Å²) in [5.74, 6) is 1.18. The van der Waals surface area contributed by atoms with Crippen LogP contribution in [0.25, 0.3) is 0 Å². The Morgan fingerprint density at radius 3 is 2.70 bits per heavy atom. The maximum Gasteiger partial charge on any atom is 0.328 e. The van der Waals surface area contributed by atoms with E-state index in [9.17, 15) is 4.79 Å². The van der Waals surface area contributed by atoms with E-state index in [1.165, 1.54) is 5.56 Å². The van der Waals surface area contributed by atoms with Crippen molar-refractivity contribution in [2.45, 2.75) is 12.6 Å². The number of hydrogen-bond acceptors (Lipinski definition) is 5. The van der Waals surface area contributed by atoms with Crippen LogP contribution < -0.4 is 9.47 Å². The fourth-order valence-electron chi connectivity index (χ4n) is 3.04. The Labute approximate surface area is 134 Å². The van der Waals surface area contributed by atoms with E-state index in [1.807, 2.05) is 36.4 Å². The maximum absolute atomic E-state index is 12.4. The number of benzene rings is 2. The molecular formula is C18H17NO4. The summed E-state index contributed by atoms with van der Waals surface area (Å²) in [6.45, 7) is 2.06. The second kappa shape index (κ2) is 5.93. The molecular weight excluding hydrogens is 294 g/mol. The highest BCUT2D eigenvalue weighted by Crippen LogP contribution is 2.36. The minimum Gasteiger partial charge on any atom is -0.463 e. The molecule has 0 radical (unpaired) electrons. The van der Waals surface area contributed by atoms with E-state index in [-0.39, 0.29) is 12.8 Å². The van der Waals surface area contributed by atoms with Crippen LogP contribution >= 0.6 is 0 Å². The number of carbonyl (C=O) groups is 1. The molecule has 2 aliphatic heterocycles. The van der Waals surface area contributed by atoms with Gasteiger partial charge < -0.3 is 14.2 Å². The zero-order valence-corrected chi connectivity index (χ0v) is 12.6. The topological polar surface area (TPSA) is 48.0 Å². The number of cyclic esters (lactones) is 1. The Bertz CT molecular complexity index is 716. The highest BCUT2D eigenvalue weighted by Gasteiger charge is 2.34. The Hall–Kier alpha value is -2.53. The highest BCUT2D eigenvalue weighted by molar-refractivity contribution is 5.78. The molecule has 0 aromatic heterocycles. The third-order valence-electron chi connectivity index (χ3n) is 4.15. The number of hydrogen-bond donors (Lipinski definition) is 0. The fourth-order valence-corrected chi connectivity index (χ4v) is 3.04. The van der Waals surface area contributed by atoms with Crippen LogP contribution in [-0.2, 0) is 16.1 Å². The number of esters is 1. The minimum absolute atomic E-state index is 0.217. The second-order valence-corrected chi connectivity index (χ2v) is 5.64. The number of ether oxygens (including phenoxy) is 3. The van der Waals surface area contributed by atoms with Crippen molar-refractivity contribution in [1.82, 2.24) is 4.90 Å². The summed E-state index contributed by atoms with van der Waals surface area (Å²) < 4.78 is 16.0. The monoisotopic (exact) mass is 311 g/mol. The van der Waals surface area contributed by atoms with Gasteiger partial charge in [0, 0.05) is 13.1 Å². The molecule has 0 amide bonds. The van der Waals surface area contributed by atoms with Gasteiger partial charge >= 0.3 is 5.97 Å². The summed E-state index contributed by atoms with van der Waals surface area (Å²) >= 11 is 0. The molecule has 0 aliphatic carbocycles. The Morgan fingerprint density at radius 2 is 1.83 bits per heavy atom. The van der Waals surface area contributed by atoms with E-state index < -0.39 is 6.04 Å². The highest BCUT2D eigenvalue weighted by atomic mass is 16.7. The number of morpholine rings is 1. The van der Waals surface area contributed by atoms with Gasteiger partial charge in [-0.3, -0.25) is 4.90 Å². The van der Waals surface area contributed by atoms with E-state index >= 15 is 0 Å². The summed E-state index contributed by atoms with van der Waals surface area (Å²) in [5, 5.41) is 0. The quantitative estimate of drug-likeness (QED) is 0.815. The molecule has 2 aliphatic rings. The van der Waals surface area contributed by atoms with Crippen LogP contribution in [0.5, 0.6) is 11.5 Å². The lowest BCUT2D eigenvalue weighted by Gasteiger charge is -2.34. The van der Waals surface area contributed by atoms with Crippen molar-refractivity contribution in [3.63, 3.8) is 0 Å². The first kappa shape index (κ1) is 14.1. The molecule has 1 fully saturated rings. The van der Waals surface area contributed by atoms with Crippen LogP contribution in [0.1, 0.15) is 17.2 Å². The van der Waals surface area contributed by atoms with Gasteiger partial charge in [0.15, 0.2) is 11.5 Å². The maximum atomic E-state index is 12.4. The third kappa shape index (κ3) is 2.75. The van der Waals surface area contributed by atoms with Gasteiger partial charge in [-0.1, -0.05) is 36.4 Å². The van der Waals surface area contributed by atoms with E-state index in [1.54, 1.807) is 0 Å². The molecule has 0 spiro atoms. The lowest BCUT2D eigenvalue weighted by atomic mass is 10.0. The first-order chi connectivity index (χ1) is 11.3. The molecule has 1 atom stereocenters. The molecule has 0 bridgehead atoms. The molecule has 0 saturated carbocycles. The lowest BCUT2D eigenvalue weighted by molar-refractivity contribution is -0.158. The fraction of sp³-hybridized carbons (Fsp3) is 0.278. The summed E-state index contributed by atoms with van der Waals surface area (Å²) in [6, 6.07) is 15.3. The first-order valence-electron chi connectivity index (χ1n) is 7.65. The molecule has 1 saturated heterocycles. The number of rotatable bonds is 3. The van der Waals surface area contributed by atoms with Crippen LogP contribution in [0.4, 0.5) is 0 Å². The van der Waals surface area contributed by atoms with Gasteiger partial charge in [0.05, 0.1) is 0 Å². The Balaban J connectivity index is 1.63. The average Bonchev–Trinajstić information content (AvgIpc) is 3.03. The Kier molecular flexibility index (Phi) is 3.63. The van der Waals surface area contributed by atoms with Crippen molar-refractivity contribution in [2.24, 2.45) is 0 Å². The van der Waals surface area contributed by atoms with Crippen LogP contribution in [0, 0.1) is 0 Å². The molecule has 5 heteroatoms. The van der Waals surface area contributed by atoms with Crippen molar-refractivity contribution in [2.75, 3.05) is 19.9 Å². The summed E-state index contributed by atoms with van der Waals surface area (Å²) in [7, 11) is 0. The molecule has 2 aromatic rings. The standard InChI is InChI=1S/C18H17NO4/c20-18-17(14-6-7-15-16(10-14)23-12-22-15)19(8-9-21-18)11-13-4-2-1-3-5-13/h1-7,10,17H,8-9,11-12H2/t17-/m1/s1. The lowest BCUT2D eigenvalue weighted by Crippen LogP contribution is -2.42. The zero-order chi connectivity index (χ0) is 15.6. The van der Waals surface area contributed by atoms with Gasteiger partial charge in [-0.05, 0) is 23.3 Å². The number of fused-ring (bicyclic) bond motifs is 1. The Morgan fingerprint density at radius 1 is 1.00 bits per heavy atom. The smallest absolute Gasteiger partial charge is 0.328 e. The largest absolute Gasteiger partial charge is 0.463 e. The van der Waals surface area contributed by atoms with Crippen molar-refractivity contribution < 1.29 is 19.0 Å². The molecule has 118 valence electrons.